The fraction of sp³-hybridized carbons (Fsp3) is 0.750. The highest BCUT2D eigenvalue weighted by Crippen LogP contribution is 2.34. The Bertz CT molecular complexity index is 536. The van der Waals surface area contributed by atoms with Gasteiger partial charge in [-0.05, 0) is 5.75 Å². The summed E-state index contributed by atoms with van der Waals surface area (Å²) in [5, 5.41) is 0. The molecular weight excluding hydrogens is 368 g/mol. The zero-order valence-corrected chi connectivity index (χ0v) is 16.2. The number of carbonyl (C=O) groups excluding carboxylic acids is 4. The normalized spacial score (nSPS) is 28.0. The smallest absolute Gasteiger partial charge is 0.303 e. The quantitative estimate of drug-likeness (QED) is 0.455. The van der Waals surface area contributed by atoms with Gasteiger partial charge in [0.2, 0.25) is 0 Å². The van der Waals surface area contributed by atoms with Crippen molar-refractivity contribution >= 4 is 35.6 Å². The van der Waals surface area contributed by atoms with Crippen LogP contribution in [0.15, 0.2) is 0 Å². The van der Waals surface area contributed by atoms with Crippen molar-refractivity contribution in [2.24, 2.45) is 0 Å². The van der Waals surface area contributed by atoms with Crippen LogP contribution in [0, 0.1) is 0 Å². The lowest BCUT2D eigenvalue weighted by molar-refractivity contribution is -0.237. The Morgan fingerprint density at radius 1 is 0.808 bits per heavy atom. The molecule has 5 atom stereocenters. The van der Waals surface area contributed by atoms with Crippen molar-refractivity contribution < 1.29 is 42.9 Å². The second-order valence-corrected chi connectivity index (χ2v) is 6.90. The summed E-state index contributed by atoms with van der Waals surface area (Å²) in [5.41, 5.74) is -0.694. The van der Waals surface area contributed by atoms with E-state index in [0.29, 0.717) is 5.75 Å². The Morgan fingerprint density at radius 3 is 1.77 bits per heavy atom. The predicted molar refractivity (Wildman–Crippen MR) is 90.1 cm³/mol. The van der Waals surface area contributed by atoms with Crippen molar-refractivity contribution in [1.29, 1.82) is 0 Å². The average molecular weight is 392 g/mol. The molecule has 1 heterocycles. The molecule has 26 heavy (non-hydrogen) atoms. The van der Waals surface area contributed by atoms with E-state index in [4.69, 9.17) is 23.7 Å². The zero-order valence-electron chi connectivity index (χ0n) is 15.4. The molecule has 9 nitrogen and oxygen atoms in total. The maximum atomic E-state index is 11.6. The summed E-state index contributed by atoms with van der Waals surface area (Å²) in [6.07, 6.45) is -4.07. The highest BCUT2D eigenvalue weighted by molar-refractivity contribution is 7.99. The first-order chi connectivity index (χ1) is 12.1. The fourth-order valence-electron chi connectivity index (χ4n) is 2.49. The van der Waals surface area contributed by atoms with Crippen molar-refractivity contribution in [2.75, 3.05) is 12.4 Å². The van der Waals surface area contributed by atoms with Gasteiger partial charge in [0.05, 0.1) is 0 Å². The summed E-state index contributed by atoms with van der Waals surface area (Å²) in [4.78, 5) is 45.8. The van der Waals surface area contributed by atoms with Crippen LogP contribution in [0.4, 0.5) is 0 Å². The van der Waals surface area contributed by atoms with Gasteiger partial charge in [0.15, 0.2) is 18.3 Å². The summed E-state index contributed by atoms with van der Waals surface area (Å²) in [7, 11) is 0. The molecule has 0 aromatic rings. The van der Waals surface area contributed by atoms with Crippen molar-refractivity contribution in [2.45, 2.75) is 64.5 Å². The number of esters is 4. The van der Waals surface area contributed by atoms with E-state index in [1.165, 1.54) is 39.5 Å². The SMILES string of the molecule is CCS[C@@H]1O[C@H](COC(C)=O)[C@H](OC(C)=O)[C@@H](OC(C)=O)[C@@H]1OC(C)=O. The largest absolute Gasteiger partial charge is 0.463 e. The molecule has 0 saturated carbocycles. The minimum atomic E-state index is -1.10. The van der Waals surface area contributed by atoms with Gasteiger partial charge in [0.25, 0.3) is 0 Å². The van der Waals surface area contributed by atoms with Crippen LogP contribution in [-0.4, -0.2) is 66.1 Å². The molecule has 1 fully saturated rings. The van der Waals surface area contributed by atoms with E-state index in [9.17, 15) is 19.2 Å². The summed E-state index contributed by atoms with van der Waals surface area (Å²) >= 11 is 1.32. The van der Waals surface area contributed by atoms with E-state index in [-0.39, 0.29) is 6.61 Å². The zero-order chi connectivity index (χ0) is 19.9. The number of rotatable bonds is 7. The molecular formula is C16H24O9S. The number of thioether (sulfide) groups is 1. The molecule has 1 rings (SSSR count). The van der Waals surface area contributed by atoms with Crippen LogP contribution in [0.5, 0.6) is 0 Å². The second kappa shape index (κ2) is 10.4. The maximum Gasteiger partial charge on any atom is 0.303 e. The average Bonchev–Trinajstić information content (AvgIpc) is 2.50. The maximum absolute atomic E-state index is 11.6. The first-order valence-corrected chi connectivity index (χ1v) is 9.12. The van der Waals surface area contributed by atoms with Gasteiger partial charge in [-0.2, -0.15) is 0 Å². The van der Waals surface area contributed by atoms with E-state index in [0.717, 1.165) is 0 Å². The summed E-state index contributed by atoms with van der Waals surface area (Å²) in [6, 6.07) is 0. The highest BCUT2D eigenvalue weighted by atomic mass is 32.2. The van der Waals surface area contributed by atoms with Crippen molar-refractivity contribution in [3.05, 3.63) is 0 Å². The molecule has 1 aliphatic rings. The summed E-state index contributed by atoms with van der Waals surface area (Å²) in [6.45, 7) is 6.48. The molecule has 1 aliphatic heterocycles. The summed E-state index contributed by atoms with van der Waals surface area (Å²) < 4.78 is 26.7. The lowest BCUT2D eigenvalue weighted by atomic mass is 9.99. The van der Waals surface area contributed by atoms with E-state index in [2.05, 4.69) is 0 Å². The minimum Gasteiger partial charge on any atom is -0.463 e. The Morgan fingerprint density at radius 2 is 1.31 bits per heavy atom. The van der Waals surface area contributed by atoms with Gasteiger partial charge in [-0.1, -0.05) is 6.92 Å². The monoisotopic (exact) mass is 392 g/mol. The van der Waals surface area contributed by atoms with Gasteiger partial charge in [-0.15, -0.1) is 11.8 Å². The highest BCUT2D eigenvalue weighted by Gasteiger charge is 2.52. The van der Waals surface area contributed by atoms with Gasteiger partial charge in [-0.3, -0.25) is 19.2 Å². The minimum absolute atomic E-state index is 0.210. The third-order valence-corrected chi connectivity index (χ3v) is 4.32. The molecule has 0 bridgehead atoms. The molecule has 0 N–H and O–H groups in total. The molecule has 0 aliphatic carbocycles. The topological polar surface area (TPSA) is 114 Å². The van der Waals surface area contributed by atoms with E-state index in [1.54, 1.807) is 0 Å². The number of carbonyl (C=O) groups is 4. The molecule has 0 unspecified atom stereocenters. The Labute approximate surface area is 156 Å². The van der Waals surface area contributed by atoms with E-state index in [1.807, 2.05) is 6.92 Å². The van der Waals surface area contributed by atoms with Crippen LogP contribution in [0.1, 0.15) is 34.6 Å². The van der Waals surface area contributed by atoms with Crippen LogP contribution in [0.2, 0.25) is 0 Å². The number of hydrogen-bond donors (Lipinski definition) is 0. The molecule has 1 saturated heterocycles. The van der Waals surface area contributed by atoms with Crippen molar-refractivity contribution in [3.8, 4) is 0 Å². The second-order valence-electron chi connectivity index (χ2n) is 5.52. The van der Waals surface area contributed by atoms with Crippen molar-refractivity contribution in [1.82, 2.24) is 0 Å². The van der Waals surface area contributed by atoms with Gasteiger partial charge in [-0.25, -0.2) is 0 Å². The molecule has 0 spiro atoms. The number of ether oxygens (including phenoxy) is 5. The molecule has 0 aromatic heterocycles. The lowest BCUT2D eigenvalue weighted by Gasteiger charge is -2.44. The van der Waals surface area contributed by atoms with Crippen LogP contribution < -0.4 is 0 Å². The van der Waals surface area contributed by atoms with Crippen LogP contribution in [-0.2, 0) is 42.9 Å². The lowest BCUT2D eigenvalue weighted by Crippen LogP contribution is -2.61. The Kier molecular flexibility index (Phi) is 8.86. The first-order valence-electron chi connectivity index (χ1n) is 8.07. The molecule has 148 valence electrons. The van der Waals surface area contributed by atoms with Gasteiger partial charge < -0.3 is 23.7 Å². The van der Waals surface area contributed by atoms with E-state index >= 15 is 0 Å². The van der Waals surface area contributed by atoms with Gasteiger partial charge in [0.1, 0.15) is 18.1 Å². The number of hydrogen-bond acceptors (Lipinski definition) is 10. The fourth-order valence-corrected chi connectivity index (χ4v) is 3.44. The van der Waals surface area contributed by atoms with Crippen molar-refractivity contribution in [3.63, 3.8) is 0 Å². The Hall–Kier alpha value is -1.81. The third-order valence-electron chi connectivity index (χ3n) is 3.28. The molecule has 0 amide bonds. The molecule has 0 radical (unpaired) electrons. The van der Waals surface area contributed by atoms with Crippen LogP contribution >= 0.6 is 11.8 Å². The van der Waals surface area contributed by atoms with Gasteiger partial charge in [0, 0.05) is 27.7 Å². The Balaban J connectivity index is 3.22. The standard InChI is InChI=1S/C16H24O9S/c1-6-26-16-15(24-11(5)20)14(23-10(4)19)13(22-9(3)18)12(25-16)7-21-8(2)17/h12-16H,6-7H2,1-5H3/t12-,13+,14-,15+,16+/m1/s1. The molecule has 0 aromatic carbocycles. The molecule has 10 heteroatoms. The van der Waals surface area contributed by atoms with Crippen LogP contribution in [0.25, 0.3) is 0 Å². The van der Waals surface area contributed by atoms with Gasteiger partial charge >= 0.3 is 23.9 Å². The predicted octanol–water partition coefficient (Wildman–Crippen LogP) is 0.823. The van der Waals surface area contributed by atoms with Crippen LogP contribution in [0.3, 0.4) is 0 Å². The summed E-state index contributed by atoms with van der Waals surface area (Å²) in [5.74, 6) is -1.81. The van der Waals surface area contributed by atoms with E-state index < -0.39 is 53.7 Å². The first kappa shape index (κ1) is 22.2. The third kappa shape index (κ3) is 6.83.